The summed E-state index contributed by atoms with van der Waals surface area (Å²) >= 11 is 1.27. The van der Waals surface area contributed by atoms with Gasteiger partial charge in [0.1, 0.15) is 5.75 Å². The summed E-state index contributed by atoms with van der Waals surface area (Å²) in [6.45, 7) is 11.4. The Hall–Kier alpha value is -2.02. The van der Waals surface area contributed by atoms with Crippen LogP contribution < -0.4 is 4.74 Å². The second kappa shape index (κ2) is 8.89. The first-order valence-corrected chi connectivity index (χ1v) is 9.30. The minimum Gasteiger partial charge on any atom is -0.484 e. The third kappa shape index (κ3) is 5.22. The van der Waals surface area contributed by atoms with Crippen LogP contribution in [0.3, 0.4) is 0 Å². The summed E-state index contributed by atoms with van der Waals surface area (Å²) in [6, 6.07) is 6.03. The van der Waals surface area contributed by atoms with Crippen molar-refractivity contribution in [2.75, 3.05) is 13.1 Å². The van der Waals surface area contributed by atoms with Crippen LogP contribution in [0.15, 0.2) is 27.8 Å². The highest BCUT2D eigenvalue weighted by Crippen LogP contribution is 2.24. The number of aromatic nitrogens is 2. The van der Waals surface area contributed by atoms with Gasteiger partial charge in [-0.05, 0) is 51.8 Å². The van der Waals surface area contributed by atoms with Gasteiger partial charge >= 0.3 is 0 Å². The van der Waals surface area contributed by atoms with Crippen LogP contribution >= 0.6 is 11.8 Å². The SMILES string of the molecule is CCN(CC)C(=O)C(C)Sc1nnc(COc2cc(C)ccc2C)o1. The Bertz CT molecular complexity index is 713. The van der Waals surface area contributed by atoms with Crippen molar-refractivity contribution in [2.24, 2.45) is 0 Å². The zero-order chi connectivity index (χ0) is 18.4. The van der Waals surface area contributed by atoms with Gasteiger partial charge in [0, 0.05) is 13.1 Å². The van der Waals surface area contributed by atoms with Crippen molar-refractivity contribution in [1.29, 1.82) is 0 Å². The second-order valence-corrected chi connectivity index (χ2v) is 7.08. The Morgan fingerprint density at radius 3 is 2.68 bits per heavy atom. The summed E-state index contributed by atoms with van der Waals surface area (Å²) < 4.78 is 11.4. The lowest BCUT2D eigenvalue weighted by atomic mass is 10.1. The number of nitrogens with zero attached hydrogens (tertiary/aromatic N) is 3. The van der Waals surface area contributed by atoms with Crippen LogP contribution in [0.2, 0.25) is 0 Å². The Labute approximate surface area is 152 Å². The number of amides is 1. The molecule has 1 atom stereocenters. The number of hydrogen-bond donors (Lipinski definition) is 0. The molecule has 0 spiro atoms. The molecular formula is C18H25N3O3S. The number of benzene rings is 1. The van der Waals surface area contributed by atoms with Crippen LogP contribution in [0.5, 0.6) is 5.75 Å². The molecule has 1 amide bonds. The number of rotatable bonds is 8. The van der Waals surface area contributed by atoms with Gasteiger partial charge in [-0.3, -0.25) is 4.79 Å². The molecule has 136 valence electrons. The maximum atomic E-state index is 12.3. The summed E-state index contributed by atoms with van der Waals surface area (Å²) in [5.74, 6) is 1.27. The fraction of sp³-hybridized carbons (Fsp3) is 0.500. The summed E-state index contributed by atoms with van der Waals surface area (Å²) in [5, 5.41) is 8.10. The van der Waals surface area contributed by atoms with Gasteiger partial charge in [-0.15, -0.1) is 10.2 Å². The molecule has 0 aliphatic heterocycles. The van der Waals surface area contributed by atoms with Crippen molar-refractivity contribution in [2.45, 2.75) is 51.7 Å². The highest BCUT2D eigenvalue weighted by molar-refractivity contribution is 8.00. The van der Waals surface area contributed by atoms with Crippen LogP contribution in [0.4, 0.5) is 0 Å². The lowest BCUT2D eigenvalue weighted by molar-refractivity contribution is -0.129. The fourth-order valence-electron chi connectivity index (χ4n) is 2.34. The van der Waals surface area contributed by atoms with E-state index >= 15 is 0 Å². The Morgan fingerprint density at radius 1 is 1.28 bits per heavy atom. The first kappa shape index (κ1) is 19.3. The van der Waals surface area contributed by atoms with Gasteiger partial charge in [0.25, 0.3) is 11.1 Å². The lowest BCUT2D eigenvalue weighted by Crippen LogP contribution is -2.36. The van der Waals surface area contributed by atoms with Crippen LogP contribution in [-0.2, 0) is 11.4 Å². The topological polar surface area (TPSA) is 68.5 Å². The lowest BCUT2D eigenvalue weighted by Gasteiger charge is -2.21. The molecule has 1 heterocycles. The minimum absolute atomic E-state index is 0.0707. The van der Waals surface area contributed by atoms with E-state index in [2.05, 4.69) is 10.2 Å². The fourth-order valence-corrected chi connectivity index (χ4v) is 3.13. The molecule has 2 rings (SSSR count). The molecule has 0 bridgehead atoms. The average Bonchev–Trinajstić information content (AvgIpc) is 3.04. The van der Waals surface area contributed by atoms with Crippen LogP contribution in [0, 0.1) is 13.8 Å². The van der Waals surface area contributed by atoms with Gasteiger partial charge in [0.2, 0.25) is 5.91 Å². The third-order valence-corrected chi connectivity index (χ3v) is 4.77. The zero-order valence-electron chi connectivity index (χ0n) is 15.4. The molecule has 2 aromatic rings. The minimum atomic E-state index is -0.270. The highest BCUT2D eigenvalue weighted by Gasteiger charge is 2.22. The van der Waals surface area contributed by atoms with E-state index in [4.69, 9.17) is 9.15 Å². The normalized spacial score (nSPS) is 12.0. The van der Waals surface area contributed by atoms with Crippen molar-refractivity contribution in [3.05, 3.63) is 35.2 Å². The second-order valence-electron chi connectivity index (χ2n) is 5.79. The molecule has 0 aliphatic carbocycles. The molecule has 0 saturated carbocycles. The molecule has 1 aromatic heterocycles. The van der Waals surface area contributed by atoms with E-state index in [0.29, 0.717) is 24.2 Å². The number of carbonyl (C=O) groups is 1. The molecule has 0 saturated heterocycles. The third-order valence-electron chi connectivity index (χ3n) is 3.84. The Kier molecular flexibility index (Phi) is 6.87. The summed E-state index contributed by atoms with van der Waals surface area (Å²) in [4.78, 5) is 14.1. The van der Waals surface area contributed by atoms with Crippen LogP contribution in [0.1, 0.15) is 37.8 Å². The smallest absolute Gasteiger partial charge is 0.277 e. The maximum Gasteiger partial charge on any atom is 0.277 e. The van der Waals surface area contributed by atoms with Gasteiger partial charge in [0.05, 0.1) is 5.25 Å². The van der Waals surface area contributed by atoms with Crippen molar-refractivity contribution in [3.8, 4) is 5.75 Å². The molecule has 0 radical (unpaired) electrons. The van der Waals surface area contributed by atoms with Gasteiger partial charge in [-0.25, -0.2) is 0 Å². The van der Waals surface area contributed by atoms with E-state index in [1.54, 1.807) is 4.90 Å². The molecule has 0 aliphatic rings. The summed E-state index contributed by atoms with van der Waals surface area (Å²) in [6.07, 6.45) is 0. The van der Waals surface area contributed by atoms with Crippen LogP contribution in [-0.4, -0.2) is 39.3 Å². The summed E-state index contributed by atoms with van der Waals surface area (Å²) in [5.41, 5.74) is 2.18. The molecule has 7 heteroatoms. The first-order chi connectivity index (χ1) is 11.9. The molecule has 25 heavy (non-hydrogen) atoms. The molecule has 0 N–H and O–H groups in total. The first-order valence-electron chi connectivity index (χ1n) is 8.42. The standard InChI is InChI=1S/C18H25N3O3S/c1-6-21(7-2)17(22)14(5)25-18-20-19-16(24-18)11-23-15-10-12(3)8-9-13(15)4/h8-10,14H,6-7,11H2,1-5H3. The van der Waals surface area contributed by atoms with Gasteiger partial charge < -0.3 is 14.1 Å². The number of hydrogen-bond acceptors (Lipinski definition) is 6. The van der Waals surface area contributed by atoms with Gasteiger partial charge in [0.15, 0.2) is 6.61 Å². The van der Waals surface area contributed by atoms with Crippen molar-refractivity contribution < 1.29 is 13.9 Å². The quantitative estimate of drug-likeness (QED) is 0.667. The van der Waals surface area contributed by atoms with Crippen molar-refractivity contribution in [3.63, 3.8) is 0 Å². The van der Waals surface area contributed by atoms with E-state index in [-0.39, 0.29) is 17.8 Å². The van der Waals surface area contributed by atoms with Crippen molar-refractivity contribution >= 4 is 17.7 Å². The highest BCUT2D eigenvalue weighted by atomic mass is 32.2. The van der Waals surface area contributed by atoms with E-state index < -0.39 is 0 Å². The van der Waals surface area contributed by atoms with Gasteiger partial charge in [-0.1, -0.05) is 23.9 Å². The van der Waals surface area contributed by atoms with Crippen molar-refractivity contribution in [1.82, 2.24) is 15.1 Å². The molecule has 1 aromatic carbocycles. The van der Waals surface area contributed by atoms with E-state index in [0.717, 1.165) is 16.9 Å². The zero-order valence-corrected chi connectivity index (χ0v) is 16.2. The number of ether oxygens (including phenoxy) is 1. The molecule has 1 unspecified atom stereocenters. The molecule has 6 nitrogen and oxygen atoms in total. The molecular weight excluding hydrogens is 338 g/mol. The maximum absolute atomic E-state index is 12.3. The number of aryl methyl sites for hydroxylation is 2. The Balaban J connectivity index is 1.93. The van der Waals surface area contributed by atoms with E-state index in [9.17, 15) is 4.79 Å². The predicted molar refractivity (Wildman–Crippen MR) is 97.8 cm³/mol. The average molecular weight is 363 g/mol. The van der Waals surface area contributed by atoms with Crippen LogP contribution in [0.25, 0.3) is 0 Å². The molecule has 0 fully saturated rings. The monoisotopic (exact) mass is 363 g/mol. The largest absolute Gasteiger partial charge is 0.484 e. The van der Waals surface area contributed by atoms with E-state index in [1.807, 2.05) is 52.8 Å². The number of thioether (sulfide) groups is 1. The Morgan fingerprint density at radius 2 is 2.00 bits per heavy atom. The van der Waals surface area contributed by atoms with Gasteiger partial charge in [-0.2, -0.15) is 0 Å². The number of carbonyl (C=O) groups excluding carboxylic acids is 1. The summed E-state index contributed by atoms with van der Waals surface area (Å²) in [7, 11) is 0. The van der Waals surface area contributed by atoms with E-state index in [1.165, 1.54) is 11.8 Å². The predicted octanol–water partition coefficient (Wildman–Crippen LogP) is 3.61.